The summed E-state index contributed by atoms with van der Waals surface area (Å²) in [6.45, 7) is -0.764. The van der Waals surface area contributed by atoms with E-state index in [1.165, 1.54) is 0 Å². The van der Waals surface area contributed by atoms with Crippen LogP contribution in [0.4, 0.5) is 0 Å². The van der Waals surface area contributed by atoms with Crippen molar-refractivity contribution in [3.05, 3.63) is 0 Å². The summed E-state index contributed by atoms with van der Waals surface area (Å²) in [4.78, 5) is 59.1. The molecule has 0 aromatic rings. The fraction of sp³-hybridized carbons (Fsp3) is 1.00. The molecule has 3 N–H and O–H groups in total. The number of aliphatic hydroxyl groups is 1. The van der Waals surface area contributed by atoms with Gasteiger partial charge >= 0.3 is 0 Å². The van der Waals surface area contributed by atoms with Gasteiger partial charge in [0.1, 0.15) is 0 Å². The van der Waals surface area contributed by atoms with Gasteiger partial charge in [-0.2, -0.15) is 0 Å². The standard InChI is InChI=1S/C4H13NO7P2/c6-2-1-5(3-13(7,8)9)4-14(10,11)12/h6H,1-4H2,(H2,7,8,9)(H2,10,11,12)/p-2. The highest BCUT2D eigenvalue weighted by atomic mass is 31.2. The van der Waals surface area contributed by atoms with Gasteiger partial charge in [-0.05, 0) is 0 Å². The summed E-state index contributed by atoms with van der Waals surface area (Å²) in [5, 5.41) is 8.44. The van der Waals surface area contributed by atoms with Crippen LogP contribution in [0.3, 0.4) is 0 Å². The Bertz CT molecular complexity index is 150. The Kier molecular flexibility index (Phi) is 5.79. The van der Waals surface area contributed by atoms with Gasteiger partial charge < -0.3 is 24.7 Å². The second-order valence-corrected chi connectivity index (χ2v) is 5.79. The highest BCUT2D eigenvalue weighted by Gasteiger charge is 2.24. The molecule has 0 aliphatic heterocycles. The van der Waals surface area contributed by atoms with Crippen molar-refractivity contribution in [3.63, 3.8) is 0 Å². The number of hydrogen-bond donors (Lipinski definition) is 3. The molecule has 10 heteroatoms. The minimum absolute atomic E-state index is 0.278. The summed E-state index contributed by atoms with van der Waals surface area (Å²) in [5.41, 5.74) is 0. The van der Waals surface area contributed by atoms with Crippen molar-refractivity contribution in [1.29, 1.82) is 0 Å². The van der Waals surface area contributed by atoms with E-state index >= 15 is 0 Å². The largest absolute Gasteiger partial charge is 0.687 e. The molecule has 0 saturated carbocycles. The van der Waals surface area contributed by atoms with E-state index in [0.717, 1.165) is 0 Å². The lowest BCUT2D eigenvalue weighted by atomic mass is 10.6. The van der Waals surface area contributed by atoms with Gasteiger partial charge in [0.05, 0.1) is 12.9 Å². The minimum Gasteiger partial charge on any atom is -0.687 e. The fourth-order valence-corrected chi connectivity index (χ4v) is 2.48. The Hall–Kier alpha value is 0.540. The molecular weight excluding hydrogens is 236 g/mol. The first-order valence-electron chi connectivity index (χ1n) is 3.53. The van der Waals surface area contributed by atoms with Crippen LogP contribution in [0.1, 0.15) is 0 Å². The van der Waals surface area contributed by atoms with Gasteiger partial charge in [0.25, 0.3) is 0 Å². The third kappa shape index (κ3) is 9.11. The van der Waals surface area contributed by atoms with E-state index < -0.39 is 35.1 Å². The molecule has 0 aliphatic carbocycles. The SMILES string of the molecule is [O-][P+]([O-])([O-])CN(CCO)C[P+]([O-])(O)O. The van der Waals surface area contributed by atoms with Crippen LogP contribution < -0.4 is 19.6 Å². The van der Waals surface area contributed by atoms with Crippen LogP contribution >= 0.6 is 15.9 Å². The fourth-order valence-electron chi connectivity index (χ4n) is 0.833. The molecule has 0 radical (unpaired) electrons. The highest BCUT2D eigenvalue weighted by Crippen LogP contribution is 2.41. The Morgan fingerprint density at radius 3 is 1.79 bits per heavy atom. The number of hydrogen-bond acceptors (Lipinski definition) is 8. The molecule has 0 saturated heterocycles. The molecule has 0 fully saturated rings. The van der Waals surface area contributed by atoms with Crippen LogP contribution in [-0.2, 0) is 0 Å². The summed E-state index contributed by atoms with van der Waals surface area (Å²) >= 11 is 0. The second kappa shape index (κ2) is 5.58. The monoisotopic (exact) mass is 247 g/mol. The Morgan fingerprint density at radius 1 is 1.00 bits per heavy atom. The van der Waals surface area contributed by atoms with Crippen molar-refractivity contribution >= 4 is 15.9 Å². The van der Waals surface area contributed by atoms with E-state index in [1.54, 1.807) is 0 Å². The summed E-state index contributed by atoms with van der Waals surface area (Å²) in [7, 11) is -9.29. The van der Waals surface area contributed by atoms with Gasteiger partial charge in [-0.1, -0.05) is 0 Å². The molecule has 8 nitrogen and oxygen atoms in total. The summed E-state index contributed by atoms with van der Waals surface area (Å²) < 4.78 is 0. The van der Waals surface area contributed by atoms with Gasteiger partial charge in [-0.3, -0.25) is 0 Å². The van der Waals surface area contributed by atoms with Crippen molar-refractivity contribution < 1.29 is 34.5 Å². The third-order valence-electron chi connectivity index (χ3n) is 1.17. The first-order valence-corrected chi connectivity index (χ1v) is 7.05. The molecule has 0 spiro atoms. The van der Waals surface area contributed by atoms with E-state index in [1.807, 2.05) is 0 Å². The third-order valence-corrected chi connectivity index (χ3v) is 2.69. The topological polar surface area (TPSA) is 156 Å². The molecule has 0 heterocycles. The molecule has 0 aromatic heterocycles. The van der Waals surface area contributed by atoms with Gasteiger partial charge in [0, 0.05) is 6.54 Å². The van der Waals surface area contributed by atoms with Crippen LogP contribution in [0.15, 0.2) is 0 Å². The first-order chi connectivity index (χ1) is 6.14. The van der Waals surface area contributed by atoms with E-state index in [-0.39, 0.29) is 6.54 Å². The van der Waals surface area contributed by atoms with Crippen LogP contribution in [0.25, 0.3) is 0 Å². The van der Waals surface area contributed by atoms with Gasteiger partial charge in [-0.25, -0.2) is 14.7 Å². The van der Waals surface area contributed by atoms with Crippen molar-refractivity contribution in [1.82, 2.24) is 4.90 Å². The number of nitrogens with zero attached hydrogens (tertiary/aromatic N) is 1. The Morgan fingerprint density at radius 2 is 1.50 bits per heavy atom. The minimum atomic E-state index is -4.87. The van der Waals surface area contributed by atoms with Crippen LogP contribution in [0.5, 0.6) is 0 Å². The first kappa shape index (κ1) is 14.5. The maximum Gasteiger partial charge on any atom is 0.244 e. The van der Waals surface area contributed by atoms with E-state index in [2.05, 4.69) is 0 Å². The number of rotatable bonds is 6. The van der Waals surface area contributed by atoms with Crippen LogP contribution in [0.2, 0.25) is 0 Å². The van der Waals surface area contributed by atoms with Crippen molar-refractivity contribution in [2.24, 2.45) is 0 Å². The molecular formula is C4H11NO7P2-2. The number of aliphatic hydroxyl groups excluding tert-OH is 1. The van der Waals surface area contributed by atoms with Gasteiger partial charge in [-0.15, -0.1) is 7.94 Å². The zero-order chi connectivity index (χ0) is 11.4. The lowest BCUT2D eigenvalue weighted by molar-refractivity contribution is -0.429. The van der Waals surface area contributed by atoms with Crippen molar-refractivity contribution in [2.75, 3.05) is 25.7 Å². The molecule has 86 valence electrons. The zero-order valence-corrected chi connectivity index (χ0v) is 8.93. The average molecular weight is 247 g/mol. The maximum atomic E-state index is 10.5. The van der Waals surface area contributed by atoms with E-state index in [4.69, 9.17) is 14.9 Å². The van der Waals surface area contributed by atoms with Crippen molar-refractivity contribution in [3.8, 4) is 0 Å². The molecule has 0 amide bonds. The average Bonchev–Trinajstić information content (AvgIpc) is 1.78. The normalized spacial score (nSPS) is 13.7. The molecule has 0 aliphatic rings. The van der Waals surface area contributed by atoms with E-state index in [0.29, 0.717) is 4.90 Å². The molecule has 0 unspecified atom stereocenters. The maximum absolute atomic E-state index is 10.5. The van der Waals surface area contributed by atoms with E-state index in [9.17, 15) is 19.6 Å². The predicted molar refractivity (Wildman–Crippen MR) is 41.8 cm³/mol. The summed E-state index contributed by atoms with van der Waals surface area (Å²) in [5.74, 6) is 0. The van der Waals surface area contributed by atoms with Gasteiger partial charge in [0.2, 0.25) is 7.94 Å². The van der Waals surface area contributed by atoms with Gasteiger partial charge in [0.15, 0.2) is 6.29 Å². The van der Waals surface area contributed by atoms with Crippen molar-refractivity contribution in [2.45, 2.75) is 0 Å². The Balaban J connectivity index is 4.16. The van der Waals surface area contributed by atoms with Crippen LogP contribution in [0, 0.1) is 0 Å². The smallest absolute Gasteiger partial charge is 0.244 e. The molecule has 0 bridgehead atoms. The molecule has 0 atom stereocenters. The molecule has 0 aromatic carbocycles. The van der Waals surface area contributed by atoms with Crippen LogP contribution in [-0.4, -0.2) is 45.5 Å². The second-order valence-electron chi connectivity index (χ2n) is 2.68. The Labute approximate surface area is 81.8 Å². The highest BCUT2D eigenvalue weighted by molar-refractivity contribution is 7.57. The predicted octanol–water partition coefficient (Wildman–Crippen LogP) is -4.85. The lowest BCUT2D eigenvalue weighted by Crippen LogP contribution is -2.44. The quantitative estimate of drug-likeness (QED) is 0.394. The lowest BCUT2D eigenvalue weighted by Gasteiger charge is -2.45. The zero-order valence-electron chi connectivity index (χ0n) is 7.14. The molecule has 14 heavy (non-hydrogen) atoms. The molecule has 0 rings (SSSR count). The summed E-state index contributed by atoms with van der Waals surface area (Å²) in [6, 6.07) is 0. The summed E-state index contributed by atoms with van der Waals surface area (Å²) in [6.07, 6.45) is -1.86.